The summed E-state index contributed by atoms with van der Waals surface area (Å²) in [6.45, 7) is 2.24. The molecule has 2 nitrogen and oxygen atoms in total. The van der Waals surface area contributed by atoms with Crippen LogP contribution in [0.25, 0.3) is 0 Å². The lowest BCUT2D eigenvalue weighted by atomic mass is 9.81. The molecule has 0 aromatic heterocycles. The van der Waals surface area contributed by atoms with E-state index in [1.54, 1.807) is 0 Å². The van der Waals surface area contributed by atoms with Gasteiger partial charge in [0.1, 0.15) is 0 Å². The third kappa shape index (κ3) is 2.43. The molecular weight excluding hydrogens is 196 g/mol. The van der Waals surface area contributed by atoms with Crippen LogP contribution in [0.3, 0.4) is 0 Å². The van der Waals surface area contributed by atoms with E-state index in [4.69, 9.17) is 0 Å². The number of nitrogens with zero attached hydrogens (tertiary/aromatic N) is 2. The number of nitriles is 1. The van der Waals surface area contributed by atoms with E-state index < -0.39 is 0 Å². The fourth-order valence-corrected chi connectivity index (χ4v) is 2.47. The van der Waals surface area contributed by atoms with Crippen LogP contribution in [0.4, 0.5) is 0 Å². The van der Waals surface area contributed by atoms with Crippen LogP contribution in [0.1, 0.15) is 24.3 Å². The van der Waals surface area contributed by atoms with Crippen LogP contribution in [0, 0.1) is 17.2 Å². The quantitative estimate of drug-likeness (QED) is 0.756. The van der Waals surface area contributed by atoms with Gasteiger partial charge in [0.15, 0.2) is 0 Å². The van der Waals surface area contributed by atoms with Crippen molar-refractivity contribution in [3.63, 3.8) is 0 Å². The van der Waals surface area contributed by atoms with E-state index in [-0.39, 0.29) is 5.92 Å². The van der Waals surface area contributed by atoms with Gasteiger partial charge in [0, 0.05) is 0 Å². The average Bonchev–Trinajstić information content (AvgIpc) is 2.34. The van der Waals surface area contributed by atoms with Gasteiger partial charge in [-0.25, -0.2) is 0 Å². The molecular formula is C14H18N2. The standard InChI is InChI=1S/C14H18N2/c1-16-9-7-13(8-10-16)14(11-15)12-5-3-2-4-6-12/h2-6,13-14H,7-10H2,1H3/t14-/m1/s1. The number of hydrogen-bond acceptors (Lipinski definition) is 2. The van der Waals surface area contributed by atoms with Crippen molar-refractivity contribution in [1.82, 2.24) is 4.90 Å². The fraction of sp³-hybridized carbons (Fsp3) is 0.500. The highest BCUT2D eigenvalue weighted by Gasteiger charge is 2.26. The van der Waals surface area contributed by atoms with E-state index >= 15 is 0 Å². The molecule has 1 aromatic carbocycles. The van der Waals surface area contributed by atoms with Crippen LogP contribution in [-0.4, -0.2) is 25.0 Å². The summed E-state index contributed by atoms with van der Waals surface area (Å²) in [6, 6.07) is 12.7. The van der Waals surface area contributed by atoms with Crippen molar-refractivity contribution in [3.8, 4) is 6.07 Å². The Morgan fingerprint density at radius 1 is 1.25 bits per heavy atom. The second-order valence-corrected chi connectivity index (χ2v) is 4.66. The topological polar surface area (TPSA) is 27.0 Å². The van der Waals surface area contributed by atoms with Gasteiger partial charge in [-0.3, -0.25) is 0 Å². The minimum atomic E-state index is 0.0786. The largest absolute Gasteiger partial charge is 0.306 e. The zero-order chi connectivity index (χ0) is 11.4. The van der Waals surface area contributed by atoms with Gasteiger partial charge in [0.05, 0.1) is 12.0 Å². The molecule has 0 spiro atoms. The number of piperidine rings is 1. The number of rotatable bonds is 2. The van der Waals surface area contributed by atoms with E-state index in [2.05, 4.69) is 30.1 Å². The van der Waals surface area contributed by atoms with E-state index in [9.17, 15) is 5.26 Å². The summed E-state index contributed by atoms with van der Waals surface area (Å²) >= 11 is 0. The number of benzene rings is 1. The van der Waals surface area contributed by atoms with E-state index in [0.29, 0.717) is 5.92 Å². The van der Waals surface area contributed by atoms with E-state index in [1.807, 2.05) is 18.2 Å². The van der Waals surface area contributed by atoms with Crippen LogP contribution in [0.5, 0.6) is 0 Å². The lowest BCUT2D eigenvalue weighted by Gasteiger charge is -2.31. The van der Waals surface area contributed by atoms with Crippen LogP contribution >= 0.6 is 0 Å². The molecule has 0 radical (unpaired) electrons. The third-order valence-corrected chi connectivity index (χ3v) is 3.53. The van der Waals surface area contributed by atoms with Crippen molar-refractivity contribution in [1.29, 1.82) is 5.26 Å². The highest BCUT2D eigenvalue weighted by atomic mass is 15.1. The van der Waals surface area contributed by atoms with Crippen molar-refractivity contribution in [2.75, 3.05) is 20.1 Å². The molecule has 84 valence electrons. The summed E-state index contributed by atoms with van der Waals surface area (Å²) in [6.07, 6.45) is 2.28. The van der Waals surface area contributed by atoms with Crippen LogP contribution in [0.15, 0.2) is 30.3 Å². The van der Waals surface area contributed by atoms with Gasteiger partial charge in [-0.2, -0.15) is 5.26 Å². The molecule has 2 rings (SSSR count). The first kappa shape index (κ1) is 11.2. The van der Waals surface area contributed by atoms with Crippen molar-refractivity contribution < 1.29 is 0 Å². The van der Waals surface area contributed by atoms with Crippen LogP contribution in [-0.2, 0) is 0 Å². The Morgan fingerprint density at radius 2 is 1.88 bits per heavy atom. The Morgan fingerprint density at radius 3 is 2.44 bits per heavy atom. The minimum absolute atomic E-state index is 0.0786. The SMILES string of the molecule is CN1CCC([C@H](C#N)c2ccccc2)CC1. The first-order valence-electron chi connectivity index (χ1n) is 5.94. The smallest absolute Gasteiger partial charge is 0.0741 e. The van der Waals surface area contributed by atoms with E-state index in [1.165, 1.54) is 5.56 Å². The molecule has 0 amide bonds. The Kier molecular flexibility index (Phi) is 3.58. The average molecular weight is 214 g/mol. The summed E-state index contributed by atoms with van der Waals surface area (Å²) in [5.74, 6) is 0.610. The zero-order valence-electron chi connectivity index (χ0n) is 9.76. The molecule has 0 unspecified atom stereocenters. The molecule has 0 N–H and O–H groups in total. The summed E-state index contributed by atoms with van der Waals surface area (Å²) in [5, 5.41) is 9.33. The molecule has 0 bridgehead atoms. The maximum atomic E-state index is 9.33. The Labute approximate surface area is 97.5 Å². The third-order valence-electron chi connectivity index (χ3n) is 3.53. The molecule has 1 heterocycles. The molecule has 1 aliphatic rings. The second kappa shape index (κ2) is 5.14. The summed E-state index contributed by atoms with van der Waals surface area (Å²) in [5.41, 5.74) is 1.18. The lowest BCUT2D eigenvalue weighted by Crippen LogP contribution is -2.32. The molecule has 2 heteroatoms. The summed E-state index contributed by atoms with van der Waals surface area (Å²) < 4.78 is 0. The van der Waals surface area contributed by atoms with Gasteiger partial charge in [-0.1, -0.05) is 30.3 Å². The maximum Gasteiger partial charge on any atom is 0.0741 e. The van der Waals surface area contributed by atoms with Crippen molar-refractivity contribution in [2.45, 2.75) is 18.8 Å². The van der Waals surface area contributed by atoms with Crippen molar-refractivity contribution >= 4 is 0 Å². The van der Waals surface area contributed by atoms with E-state index in [0.717, 1.165) is 25.9 Å². The number of hydrogen-bond donors (Lipinski definition) is 0. The molecule has 0 aliphatic carbocycles. The Balaban J connectivity index is 2.09. The fourth-order valence-electron chi connectivity index (χ4n) is 2.47. The predicted octanol–water partition coefficient (Wildman–Crippen LogP) is 2.64. The first-order valence-corrected chi connectivity index (χ1v) is 5.94. The molecule has 1 saturated heterocycles. The summed E-state index contributed by atoms with van der Waals surface area (Å²) in [7, 11) is 2.15. The zero-order valence-corrected chi connectivity index (χ0v) is 9.76. The lowest BCUT2D eigenvalue weighted by molar-refractivity contribution is 0.210. The minimum Gasteiger partial charge on any atom is -0.306 e. The highest BCUT2D eigenvalue weighted by Crippen LogP contribution is 2.31. The Hall–Kier alpha value is -1.33. The number of likely N-dealkylation sites (tertiary alicyclic amines) is 1. The molecule has 1 aliphatic heterocycles. The highest BCUT2D eigenvalue weighted by molar-refractivity contribution is 5.25. The first-order chi connectivity index (χ1) is 7.81. The monoisotopic (exact) mass is 214 g/mol. The van der Waals surface area contributed by atoms with Gasteiger partial charge in [0.2, 0.25) is 0 Å². The van der Waals surface area contributed by atoms with Gasteiger partial charge < -0.3 is 4.90 Å². The van der Waals surface area contributed by atoms with Crippen molar-refractivity contribution in [2.24, 2.45) is 5.92 Å². The second-order valence-electron chi connectivity index (χ2n) is 4.66. The van der Waals surface area contributed by atoms with Crippen LogP contribution < -0.4 is 0 Å². The van der Waals surface area contributed by atoms with Gasteiger partial charge in [-0.15, -0.1) is 0 Å². The molecule has 1 atom stereocenters. The molecule has 0 saturated carbocycles. The molecule has 16 heavy (non-hydrogen) atoms. The van der Waals surface area contributed by atoms with Gasteiger partial charge >= 0.3 is 0 Å². The van der Waals surface area contributed by atoms with Crippen molar-refractivity contribution in [3.05, 3.63) is 35.9 Å². The Bertz CT molecular complexity index is 358. The normalized spacial score (nSPS) is 20.2. The molecule has 1 fully saturated rings. The van der Waals surface area contributed by atoms with Gasteiger partial charge in [-0.05, 0) is 44.5 Å². The van der Waals surface area contributed by atoms with Crippen LogP contribution in [0.2, 0.25) is 0 Å². The summed E-state index contributed by atoms with van der Waals surface area (Å²) in [4.78, 5) is 2.34. The maximum absolute atomic E-state index is 9.33. The molecule has 1 aromatic rings. The predicted molar refractivity (Wildman–Crippen MR) is 65.0 cm³/mol. The van der Waals surface area contributed by atoms with Gasteiger partial charge in [0.25, 0.3) is 0 Å².